The van der Waals surface area contributed by atoms with Crippen molar-refractivity contribution in [2.45, 2.75) is 52.5 Å². The molecule has 0 spiro atoms. The number of carbonyl (C=O) groups excluding carboxylic acids is 2. The molecule has 3 aromatic rings. The third-order valence-corrected chi connectivity index (χ3v) is 6.96. The van der Waals surface area contributed by atoms with Crippen LogP contribution in [0.2, 0.25) is 5.02 Å². The standard InChI is InChI=1S/C32H34ClNO5/c1-6-18-39-26-11-9-8-10-25(26)34-28(20-12-14-21(15-13-20)32(3,4)5)27(30(36)31(34)37)29(35)23-19-22(38-7-2)16-17-24(23)33/h8-17,19,28,35H,6-7,18H2,1-5H3/b29-27+. The topological polar surface area (TPSA) is 76.1 Å². The zero-order chi connectivity index (χ0) is 28.3. The number of benzene rings is 3. The Morgan fingerprint density at radius 2 is 1.67 bits per heavy atom. The normalized spacial score (nSPS) is 17.0. The van der Waals surface area contributed by atoms with Gasteiger partial charge in [-0.2, -0.15) is 0 Å². The molecule has 1 saturated heterocycles. The SMILES string of the molecule is CCCOc1ccccc1N1C(=O)C(=O)/C(=C(/O)c2cc(OCC)ccc2Cl)C1c1ccc(C(C)(C)C)cc1. The van der Waals surface area contributed by atoms with Crippen molar-refractivity contribution in [2.24, 2.45) is 0 Å². The minimum atomic E-state index is -0.905. The van der Waals surface area contributed by atoms with Crippen LogP contribution in [0.15, 0.2) is 72.3 Å². The van der Waals surface area contributed by atoms with E-state index < -0.39 is 17.7 Å². The first kappa shape index (κ1) is 28.2. The van der Waals surface area contributed by atoms with Crippen LogP contribution in [0.4, 0.5) is 5.69 Å². The minimum Gasteiger partial charge on any atom is -0.507 e. The van der Waals surface area contributed by atoms with E-state index in [4.69, 9.17) is 21.1 Å². The first-order valence-electron chi connectivity index (χ1n) is 13.1. The van der Waals surface area contributed by atoms with E-state index >= 15 is 0 Å². The van der Waals surface area contributed by atoms with Crippen molar-refractivity contribution in [1.29, 1.82) is 0 Å². The second-order valence-electron chi connectivity index (χ2n) is 10.4. The number of nitrogens with zero attached hydrogens (tertiary/aromatic N) is 1. The van der Waals surface area contributed by atoms with Crippen molar-refractivity contribution in [3.8, 4) is 11.5 Å². The van der Waals surface area contributed by atoms with Crippen molar-refractivity contribution < 1.29 is 24.2 Å². The second-order valence-corrected chi connectivity index (χ2v) is 10.8. The summed E-state index contributed by atoms with van der Waals surface area (Å²) in [6.07, 6.45) is 0.777. The summed E-state index contributed by atoms with van der Waals surface area (Å²) in [5, 5.41) is 11.8. The summed E-state index contributed by atoms with van der Waals surface area (Å²) in [4.78, 5) is 28.7. The molecular formula is C32H34ClNO5. The van der Waals surface area contributed by atoms with Crippen molar-refractivity contribution in [1.82, 2.24) is 0 Å². The molecule has 1 unspecified atom stereocenters. The van der Waals surface area contributed by atoms with Crippen molar-refractivity contribution >= 4 is 34.7 Å². The number of halogens is 1. The fraction of sp³-hybridized carbons (Fsp3) is 0.312. The average Bonchev–Trinajstić information content (AvgIpc) is 3.18. The molecular weight excluding hydrogens is 514 g/mol. The molecule has 1 heterocycles. The Morgan fingerprint density at radius 3 is 2.31 bits per heavy atom. The summed E-state index contributed by atoms with van der Waals surface area (Å²) < 4.78 is 11.5. The van der Waals surface area contributed by atoms with Crippen LogP contribution in [0.3, 0.4) is 0 Å². The lowest BCUT2D eigenvalue weighted by Gasteiger charge is -2.28. The third-order valence-electron chi connectivity index (χ3n) is 6.63. The Kier molecular flexibility index (Phi) is 8.36. The number of aliphatic hydroxyl groups is 1. The van der Waals surface area contributed by atoms with Gasteiger partial charge < -0.3 is 14.6 Å². The van der Waals surface area contributed by atoms with Gasteiger partial charge in [-0.05, 0) is 60.2 Å². The van der Waals surface area contributed by atoms with Crippen molar-refractivity contribution in [2.75, 3.05) is 18.1 Å². The van der Waals surface area contributed by atoms with E-state index in [0.29, 0.717) is 36.0 Å². The van der Waals surface area contributed by atoms with Gasteiger partial charge in [-0.3, -0.25) is 14.5 Å². The summed E-state index contributed by atoms with van der Waals surface area (Å²) in [5.74, 6) is -0.957. The van der Waals surface area contributed by atoms with Crippen LogP contribution >= 0.6 is 11.6 Å². The van der Waals surface area contributed by atoms with Gasteiger partial charge in [-0.15, -0.1) is 0 Å². The predicted octanol–water partition coefficient (Wildman–Crippen LogP) is 7.45. The first-order valence-corrected chi connectivity index (χ1v) is 13.5. The molecule has 1 atom stereocenters. The van der Waals surface area contributed by atoms with E-state index in [9.17, 15) is 14.7 Å². The Balaban J connectivity index is 1.96. The first-order chi connectivity index (χ1) is 18.6. The molecule has 0 saturated carbocycles. The number of hydrogen-bond acceptors (Lipinski definition) is 5. The van der Waals surface area contributed by atoms with E-state index in [1.54, 1.807) is 36.4 Å². The van der Waals surface area contributed by atoms with Gasteiger partial charge in [0.05, 0.1) is 35.5 Å². The maximum Gasteiger partial charge on any atom is 0.300 e. The summed E-state index contributed by atoms with van der Waals surface area (Å²) in [6, 6.07) is 18.8. The lowest BCUT2D eigenvalue weighted by atomic mass is 9.85. The Labute approximate surface area is 234 Å². The number of carbonyl (C=O) groups is 2. The number of aliphatic hydroxyl groups excluding tert-OH is 1. The van der Waals surface area contributed by atoms with Crippen molar-refractivity contribution in [3.05, 3.63) is 94.0 Å². The van der Waals surface area contributed by atoms with E-state index in [1.807, 2.05) is 44.2 Å². The van der Waals surface area contributed by atoms with E-state index in [-0.39, 0.29) is 27.3 Å². The number of anilines is 1. The smallest absolute Gasteiger partial charge is 0.300 e. The average molecular weight is 548 g/mol. The fourth-order valence-corrected chi connectivity index (χ4v) is 4.85. The summed E-state index contributed by atoms with van der Waals surface area (Å²) >= 11 is 6.47. The molecule has 1 aliphatic heterocycles. The van der Waals surface area contributed by atoms with Gasteiger partial charge in [-0.25, -0.2) is 0 Å². The van der Waals surface area contributed by atoms with E-state index in [0.717, 1.165) is 12.0 Å². The minimum absolute atomic E-state index is 0.0515. The molecule has 1 N–H and O–H groups in total. The number of ether oxygens (including phenoxy) is 2. The molecule has 3 aromatic carbocycles. The molecule has 1 amide bonds. The van der Waals surface area contributed by atoms with Gasteiger partial charge in [0.25, 0.3) is 11.7 Å². The molecule has 204 valence electrons. The molecule has 1 aliphatic rings. The van der Waals surface area contributed by atoms with Gasteiger partial charge in [0, 0.05) is 5.56 Å². The van der Waals surface area contributed by atoms with Crippen LogP contribution in [-0.4, -0.2) is 30.0 Å². The van der Waals surface area contributed by atoms with Crippen molar-refractivity contribution in [3.63, 3.8) is 0 Å². The Bertz CT molecular complexity index is 1400. The number of Topliss-reactive ketones (excluding diaryl/α,β-unsaturated/α-hetero) is 1. The quantitative estimate of drug-likeness (QED) is 0.180. The molecule has 0 radical (unpaired) electrons. The molecule has 4 rings (SSSR count). The van der Waals surface area contributed by atoms with E-state index in [2.05, 4.69) is 20.8 Å². The fourth-order valence-electron chi connectivity index (χ4n) is 4.64. The van der Waals surface area contributed by atoms with Crippen LogP contribution in [0, 0.1) is 0 Å². The van der Waals surface area contributed by atoms with Crippen LogP contribution in [0.5, 0.6) is 11.5 Å². The highest BCUT2D eigenvalue weighted by Gasteiger charge is 2.48. The zero-order valence-corrected chi connectivity index (χ0v) is 23.7. The summed E-state index contributed by atoms with van der Waals surface area (Å²) in [6.45, 7) is 11.0. The molecule has 0 aromatic heterocycles. The lowest BCUT2D eigenvalue weighted by Crippen LogP contribution is -2.30. The number of ketones is 1. The molecule has 0 aliphatic carbocycles. The van der Waals surface area contributed by atoms with Gasteiger partial charge in [0.2, 0.25) is 0 Å². The number of amides is 1. The lowest BCUT2D eigenvalue weighted by molar-refractivity contribution is -0.132. The van der Waals surface area contributed by atoms with Gasteiger partial charge in [0.1, 0.15) is 17.3 Å². The Morgan fingerprint density at radius 1 is 0.974 bits per heavy atom. The van der Waals surface area contributed by atoms with Crippen LogP contribution in [0.25, 0.3) is 5.76 Å². The molecule has 7 heteroatoms. The Hall–Kier alpha value is -3.77. The maximum atomic E-state index is 13.7. The molecule has 0 bridgehead atoms. The van der Waals surface area contributed by atoms with Gasteiger partial charge in [-0.1, -0.05) is 75.7 Å². The summed E-state index contributed by atoms with van der Waals surface area (Å²) in [7, 11) is 0. The third kappa shape index (κ3) is 5.66. The highest BCUT2D eigenvalue weighted by molar-refractivity contribution is 6.52. The van der Waals surface area contributed by atoms with Crippen LogP contribution in [0.1, 0.15) is 63.8 Å². The van der Waals surface area contributed by atoms with E-state index in [1.165, 1.54) is 4.90 Å². The number of rotatable bonds is 8. The monoisotopic (exact) mass is 547 g/mol. The van der Waals surface area contributed by atoms with Gasteiger partial charge >= 0.3 is 0 Å². The number of para-hydroxylation sites is 2. The van der Waals surface area contributed by atoms with Crippen LogP contribution < -0.4 is 14.4 Å². The van der Waals surface area contributed by atoms with Gasteiger partial charge in [0.15, 0.2) is 0 Å². The second kappa shape index (κ2) is 11.5. The predicted molar refractivity (Wildman–Crippen MR) is 155 cm³/mol. The highest BCUT2D eigenvalue weighted by atomic mass is 35.5. The molecule has 1 fully saturated rings. The zero-order valence-electron chi connectivity index (χ0n) is 23.0. The number of hydrogen-bond donors (Lipinski definition) is 1. The largest absolute Gasteiger partial charge is 0.507 e. The van der Waals surface area contributed by atoms with Crippen LogP contribution in [-0.2, 0) is 15.0 Å². The molecule has 6 nitrogen and oxygen atoms in total. The highest BCUT2D eigenvalue weighted by Crippen LogP contribution is 2.46. The molecule has 39 heavy (non-hydrogen) atoms. The summed E-state index contributed by atoms with van der Waals surface area (Å²) in [5.41, 5.74) is 2.30. The maximum absolute atomic E-state index is 13.7.